The molecule has 2 aromatic carbocycles. The third kappa shape index (κ3) is 3.97. The maximum Gasteiger partial charge on any atom is 0.471 e. The van der Waals surface area contributed by atoms with Crippen LogP contribution in [-0.2, 0) is 9.59 Å². The Bertz CT molecular complexity index is 972. The van der Waals surface area contributed by atoms with Gasteiger partial charge in [0.15, 0.2) is 0 Å². The molecular weight excluding hydrogens is 398 g/mol. The average molecular weight is 406 g/mol. The molecule has 1 heterocycles. The van der Waals surface area contributed by atoms with Gasteiger partial charge in [-0.25, -0.2) is 0 Å². The summed E-state index contributed by atoms with van der Waals surface area (Å²) in [6.45, 7) is 0. The third-order valence-electron chi connectivity index (χ3n) is 3.50. The summed E-state index contributed by atoms with van der Waals surface area (Å²) in [5.74, 6) is -4.28. The van der Waals surface area contributed by atoms with E-state index in [0.717, 1.165) is 0 Å². The van der Waals surface area contributed by atoms with Gasteiger partial charge in [-0.1, -0.05) is 0 Å². The van der Waals surface area contributed by atoms with Gasteiger partial charge in [-0.05, 0) is 36.4 Å². The van der Waals surface area contributed by atoms with Crippen molar-refractivity contribution in [1.82, 2.24) is 0 Å². The van der Waals surface area contributed by atoms with Gasteiger partial charge in [0.2, 0.25) is 0 Å². The van der Waals surface area contributed by atoms with E-state index in [1.807, 2.05) is 0 Å². The van der Waals surface area contributed by atoms with Crippen molar-refractivity contribution in [3.63, 3.8) is 0 Å². The van der Waals surface area contributed by atoms with E-state index in [1.54, 1.807) is 10.6 Å². The molecular formula is C16H8F6N2O2S. The summed E-state index contributed by atoms with van der Waals surface area (Å²) in [7, 11) is 0. The summed E-state index contributed by atoms with van der Waals surface area (Å²) < 4.78 is 75.5. The summed E-state index contributed by atoms with van der Waals surface area (Å²) >= 11 is 1.26. The maximum atomic E-state index is 12.4. The van der Waals surface area contributed by atoms with E-state index in [9.17, 15) is 35.9 Å². The molecule has 0 aliphatic heterocycles. The smallest absolute Gasteiger partial charge is 0.318 e. The van der Waals surface area contributed by atoms with Crippen LogP contribution in [0.1, 0.15) is 0 Å². The molecule has 0 aliphatic rings. The Morgan fingerprint density at radius 3 is 1.41 bits per heavy atom. The Hall–Kier alpha value is -2.82. The highest BCUT2D eigenvalue weighted by atomic mass is 32.1. The highest BCUT2D eigenvalue weighted by Gasteiger charge is 2.39. The number of rotatable bonds is 2. The second-order valence-electron chi connectivity index (χ2n) is 5.43. The van der Waals surface area contributed by atoms with Crippen LogP contribution >= 0.6 is 11.3 Å². The molecule has 2 N–H and O–H groups in total. The first kappa shape index (κ1) is 19.0. The van der Waals surface area contributed by atoms with Crippen LogP contribution < -0.4 is 10.6 Å². The molecule has 11 heteroatoms. The zero-order valence-corrected chi connectivity index (χ0v) is 13.8. The third-order valence-corrected chi connectivity index (χ3v) is 4.65. The molecule has 0 bridgehead atoms. The minimum absolute atomic E-state index is 0.116. The number of amides is 2. The van der Waals surface area contributed by atoms with Gasteiger partial charge in [0.1, 0.15) is 0 Å². The van der Waals surface area contributed by atoms with E-state index in [-0.39, 0.29) is 11.4 Å². The van der Waals surface area contributed by atoms with E-state index in [4.69, 9.17) is 0 Å². The second kappa shape index (κ2) is 6.41. The first-order valence-corrected chi connectivity index (χ1v) is 7.99. The minimum Gasteiger partial charge on any atom is -0.318 e. The molecule has 0 saturated carbocycles. The lowest BCUT2D eigenvalue weighted by atomic mass is 10.1. The zero-order chi connectivity index (χ0) is 20.0. The number of carbonyl (C=O) groups is 2. The highest BCUT2D eigenvalue weighted by molar-refractivity contribution is 7.25. The standard InChI is InChI=1S/C16H8F6N2O2S/c17-15(18,19)13(25)23-7-1-3-11-9(5-7)10-6-8(2-4-12(10)27-11)24-14(26)16(20,21)22/h1-6H,(H,23,25)(H,24,26). The van der Waals surface area contributed by atoms with Gasteiger partial charge < -0.3 is 10.6 Å². The van der Waals surface area contributed by atoms with Gasteiger partial charge in [0.05, 0.1) is 0 Å². The Kier molecular flexibility index (Phi) is 4.50. The van der Waals surface area contributed by atoms with Gasteiger partial charge in [-0.2, -0.15) is 26.3 Å². The zero-order valence-electron chi connectivity index (χ0n) is 13.0. The Labute approximate surface area is 150 Å². The SMILES string of the molecule is O=C(Nc1ccc2sc3ccc(NC(=O)C(F)(F)F)cc3c2c1)C(F)(F)F. The molecule has 142 valence electrons. The summed E-state index contributed by atoms with van der Waals surface area (Å²) in [6.07, 6.45) is -10.1. The molecule has 4 nitrogen and oxygen atoms in total. The first-order valence-electron chi connectivity index (χ1n) is 7.18. The number of nitrogens with one attached hydrogen (secondary N) is 2. The van der Waals surface area contributed by atoms with Crippen molar-refractivity contribution in [3.05, 3.63) is 36.4 Å². The summed E-state index contributed by atoms with van der Waals surface area (Å²) in [4.78, 5) is 22.1. The lowest BCUT2D eigenvalue weighted by molar-refractivity contribution is -0.167. The first-order chi connectivity index (χ1) is 12.4. The van der Waals surface area contributed by atoms with Gasteiger partial charge in [-0.3, -0.25) is 9.59 Å². The number of fused-ring (bicyclic) bond motifs is 3. The molecule has 1 aromatic heterocycles. The normalized spacial score (nSPS) is 12.4. The van der Waals surface area contributed by atoms with Crippen molar-refractivity contribution < 1.29 is 35.9 Å². The monoisotopic (exact) mass is 406 g/mol. The van der Waals surface area contributed by atoms with Gasteiger partial charge in [0.25, 0.3) is 0 Å². The van der Waals surface area contributed by atoms with Crippen molar-refractivity contribution in [3.8, 4) is 0 Å². The Morgan fingerprint density at radius 1 is 0.704 bits per heavy atom. The minimum atomic E-state index is -5.05. The van der Waals surface area contributed by atoms with Crippen molar-refractivity contribution >= 4 is 54.7 Å². The predicted octanol–water partition coefficient (Wildman–Crippen LogP) is 5.06. The molecule has 0 saturated heterocycles. The van der Waals surface area contributed by atoms with Crippen LogP contribution in [0.25, 0.3) is 20.2 Å². The summed E-state index contributed by atoms with van der Waals surface area (Å²) in [5, 5.41) is 4.29. The van der Waals surface area contributed by atoms with Crippen molar-refractivity contribution in [2.24, 2.45) is 0 Å². The van der Waals surface area contributed by atoms with Gasteiger partial charge in [0, 0.05) is 31.5 Å². The van der Waals surface area contributed by atoms with Crippen LogP contribution in [0.2, 0.25) is 0 Å². The van der Waals surface area contributed by atoms with E-state index in [1.165, 1.54) is 47.7 Å². The maximum absolute atomic E-state index is 12.4. The molecule has 0 atom stereocenters. The molecule has 0 spiro atoms. The van der Waals surface area contributed by atoms with E-state index in [2.05, 4.69) is 0 Å². The molecule has 3 rings (SSSR count). The van der Waals surface area contributed by atoms with Crippen LogP contribution in [0.15, 0.2) is 36.4 Å². The Balaban J connectivity index is 1.99. The number of carbonyl (C=O) groups excluding carboxylic acids is 2. The number of benzene rings is 2. The number of halogens is 6. The molecule has 27 heavy (non-hydrogen) atoms. The lowest BCUT2D eigenvalue weighted by Gasteiger charge is -2.08. The van der Waals surface area contributed by atoms with Crippen LogP contribution in [0.5, 0.6) is 0 Å². The van der Waals surface area contributed by atoms with Crippen LogP contribution in [0.4, 0.5) is 37.7 Å². The largest absolute Gasteiger partial charge is 0.471 e. The van der Waals surface area contributed by atoms with Crippen LogP contribution in [0, 0.1) is 0 Å². The summed E-state index contributed by atoms with van der Waals surface area (Å²) in [6, 6.07) is 8.11. The summed E-state index contributed by atoms with van der Waals surface area (Å²) in [5.41, 5.74) is -0.233. The fourth-order valence-corrected chi connectivity index (χ4v) is 3.40. The van der Waals surface area contributed by atoms with Gasteiger partial charge >= 0.3 is 24.2 Å². The molecule has 0 unspecified atom stereocenters. The topological polar surface area (TPSA) is 58.2 Å². The van der Waals surface area contributed by atoms with Crippen molar-refractivity contribution in [2.45, 2.75) is 12.4 Å². The van der Waals surface area contributed by atoms with E-state index in [0.29, 0.717) is 20.2 Å². The molecule has 0 aliphatic carbocycles. The fraction of sp³-hybridized carbons (Fsp3) is 0.125. The number of hydrogen-bond donors (Lipinski definition) is 2. The predicted molar refractivity (Wildman–Crippen MR) is 88.7 cm³/mol. The number of hydrogen-bond acceptors (Lipinski definition) is 3. The van der Waals surface area contributed by atoms with Crippen LogP contribution in [0.3, 0.4) is 0 Å². The second-order valence-corrected chi connectivity index (χ2v) is 6.51. The number of thiophene rings is 1. The molecule has 0 fully saturated rings. The van der Waals surface area contributed by atoms with E-state index >= 15 is 0 Å². The van der Waals surface area contributed by atoms with Crippen molar-refractivity contribution in [1.29, 1.82) is 0 Å². The molecule has 0 radical (unpaired) electrons. The number of alkyl halides is 6. The Morgan fingerprint density at radius 2 is 1.07 bits per heavy atom. The van der Waals surface area contributed by atoms with Gasteiger partial charge in [-0.15, -0.1) is 11.3 Å². The quantitative estimate of drug-likeness (QED) is 0.585. The average Bonchev–Trinajstić information content (AvgIpc) is 2.90. The van der Waals surface area contributed by atoms with Crippen molar-refractivity contribution in [2.75, 3.05) is 10.6 Å². The molecule has 2 amide bonds. The van der Waals surface area contributed by atoms with E-state index < -0.39 is 24.2 Å². The van der Waals surface area contributed by atoms with Crippen LogP contribution in [-0.4, -0.2) is 24.2 Å². The molecule has 3 aromatic rings. The highest BCUT2D eigenvalue weighted by Crippen LogP contribution is 2.37. The lowest BCUT2D eigenvalue weighted by Crippen LogP contribution is -2.29. The number of anilines is 2. The fourth-order valence-electron chi connectivity index (χ4n) is 2.34.